The Morgan fingerprint density at radius 3 is 2.67 bits per heavy atom. The van der Waals surface area contributed by atoms with E-state index in [9.17, 15) is 9.18 Å². The predicted octanol–water partition coefficient (Wildman–Crippen LogP) is 3.08. The molecule has 2 aromatic carbocycles. The summed E-state index contributed by atoms with van der Waals surface area (Å²) in [5, 5.41) is 0. The minimum atomic E-state index is -0.546. The number of nitrogens with two attached hydrogens (primary N) is 1. The fraction of sp³-hybridized carbons (Fsp3) is 0.188. The van der Waals surface area contributed by atoms with Crippen LogP contribution in [-0.4, -0.2) is 13.1 Å². The molecule has 2 N–H and O–H groups in total. The summed E-state index contributed by atoms with van der Waals surface area (Å²) in [7, 11) is 1.50. The molecule has 21 heavy (non-hydrogen) atoms. The zero-order valence-electron chi connectivity index (χ0n) is 11.9. The molecule has 2 rings (SSSR count). The summed E-state index contributed by atoms with van der Waals surface area (Å²) in [4.78, 5) is 12.1. The molecule has 0 aliphatic carbocycles. The number of hydrogen-bond acceptors (Lipinski definition) is 4. The highest BCUT2D eigenvalue weighted by Crippen LogP contribution is 2.21. The quantitative estimate of drug-likeness (QED) is 0.694. The Labute approximate surface area is 122 Å². The fourth-order valence-corrected chi connectivity index (χ4v) is 1.88. The molecule has 2 aromatic rings. The number of anilines is 1. The molecule has 0 aliphatic heterocycles. The van der Waals surface area contributed by atoms with Gasteiger partial charge in [0.05, 0.1) is 12.7 Å². The summed E-state index contributed by atoms with van der Waals surface area (Å²) in [5.74, 6) is -0.344. The number of carbonyl (C=O) groups is 1. The molecule has 0 aliphatic rings. The lowest BCUT2D eigenvalue weighted by Crippen LogP contribution is -2.09. The van der Waals surface area contributed by atoms with Crippen LogP contribution in [0.15, 0.2) is 36.4 Å². The summed E-state index contributed by atoms with van der Waals surface area (Å²) in [6.07, 6.45) is 0. The number of methoxy groups -OCH3 is 1. The maximum atomic E-state index is 13.0. The highest BCUT2D eigenvalue weighted by Gasteiger charge is 2.13. The number of hydrogen-bond donors (Lipinski definition) is 1. The molecule has 0 atom stereocenters. The number of aryl methyl sites for hydroxylation is 1. The highest BCUT2D eigenvalue weighted by molar-refractivity contribution is 5.95. The second kappa shape index (κ2) is 6.26. The number of halogens is 1. The van der Waals surface area contributed by atoms with Crippen LogP contribution in [-0.2, 0) is 11.3 Å². The van der Waals surface area contributed by atoms with E-state index < -0.39 is 5.97 Å². The average Bonchev–Trinajstić information content (AvgIpc) is 2.46. The van der Waals surface area contributed by atoms with E-state index in [-0.39, 0.29) is 18.0 Å². The number of ether oxygens (including phenoxy) is 2. The van der Waals surface area contributed by atoms with E-state index in [0.29, 0.717) is 11.4 Å². The van der Waals surface area contributed by atoms with Gasteiger partial charge in [0, 0.05) is 5.69 Å². The van der Waals surface area contributed by atoms with Gasteiger partial charge < -0.3 is 15.2 Å². The van der Waals surface area contributed by atoms with Crippen molar-refractivity contribution in [3.05, 3.63) is 58.9 Å². The van der Waals surface area contributed by atoms with Crippen LogP contribution in [0.3, 0.4) is 0 Å². The monoisotopic (exact) mass is 289 g/mol. The van der Waals surface area contributed by atoms with Gasteiger partial charge in [0.25, 0.3) is 0 Å². The van der Waals surface area contributed by atoms with E-state index >= 15 is 0 Å². The van der Waals surface area contributed by atoms with Crippen LogP contribution in [0.4, 0.5) is 10.1 Å². The van der Waals surface area contributed by atoms with Gasteiger partial charge in [-0.25, -0.2) is 9.18 Å². The lowest BCUT2D eigenvalue weighted by atomic mass is 10.1. The smallest absolute Gasteiger partial charge is 0.340 e. The molecular weight excluding hydrogens is 273 g/mol. The van der Waals surface area contributed by atoms with Gasteiger partial charge >= 0.3 is 5.97 Å². The summed E-state index contributed by atoms with van der Waals surface area (Å²) >= 11 is 0. The third-order valence-corrected chi connectivity index (χ3v) is 3.14. The fourth-order valence-electron chi connectivity index (χ4n) is 1.88. The van der Waals surface area contributed by atoms with Crippen LogP contribution in [0.2, 0.25) is 0 Å². The first kappa shape index (κ1) is 14.8. The summed E-state index contributed by atoms with van der Waals surface area (Å²) in [6, 6.07) is 9.08. The van der Waals surface area contributed by atoms with Crippen molar-refractivity contribution in [2.75, 3.05) is 12.8 Å². The molecule has 0 heterocycles. The van der Waals surface area contributed by atoms with E-state index in [4.69, 9.17) is 15.2 Å². The number of benzene rings is 2. The maximum Gasteiger partial charge on any atom is 0.340 e. The van der Waals surface area contributed by atoms with Crippen molar-refractivity contribution in [2.45, 2.75) is 13.5 Å². The van der Waals surface area contributed by atoms with E-state index in [2.05, 4.69) is 0 Å². The molecule has 0 saturated heterocycles. The first-order valence-electron chi connectivity index (χ1n) is 6.37. The van der Waals surface area contributed by atoms with Gasteiger partial charge in [-0.15, -0.1) is 0 Å². The van der Waals surface area contributed by atoms with E-state index in [1.54, 1.807) is 25.1 Å². The Morgan fingerprint density at radius 2 is 2.00 bits per heavy atom. The first-order valence-corrected chi connectivity index (χ1v) is 6.37. The Morgan fingerprint density at radius 1 is 1.24 bits per heavy atom. The van der Waals surface area contributed by atoms with Gasteiger partial charge in [0.1, 0.15) is 18.2 Å². The SMILES string of the molecule is COc1ccc(N)c(C(=O)OCc2ccc(F)cc2C)c1. The molecule has 0 amide bonds. The maximum absolute atomic E-state index is 13.0. The third-order valence-electron chi connectivity index (χ3n) is 3.14. The summed E-state index contributed by atoms with van der Waals surface area (Å²) < 4.78 is 23.3. The molecule has 0 fully saturated rings. The van der Waals surface area contributed by atoms with Gasteiger partial charge in [-0.2, -0.15) is 0 Å². The molecule has 0 saturated carbocycles. The van der Waals surface area contributed by atoms with Gasteiger partial charge in [-0.3, -0.25) is 0 Å². The van der Waals surface area contributed by atoms with Crippen LogP contribution in [0.1, 0.15) is 21.5 Å². The van der Waals surface area contributed by atoms with Crippen molar-refractivity contribution < 1.29 is 18.7 Å². The first-order chi connectivity index (χ1) is 10.0. The van der Waals surface area contributed by atoms with Gasteiger partial charge in [-0.1, -0.05) is 6.07 Å². The lowest BCUT2D eigenvalue weighted by molar-refractivity contribution is 0.0473. The highest BCUT2D eigenvalue weighted by atomic mass is 19.1. The second-order valence-electron chi connectivity index (χ2n) is 4.60. The van der Waals surface area contributed by atoms with Gasteiger partial charge in [0.15, 0.2) is 0 Å². The lowest BCUT2D eigenvalue weighted by Gasteiger charge is -2.10. The molecule has 0 radical (unpaired) electrons. The molecule has 0 spiro atoms. The van der Waals surface area contributed by atoms with Crippen LogP contribution >= 0.6 is 0 Å². The zero-order valence-corrected chi connectivity index (χ0v) is 11.9. The number of rotatable bonds is 4. The molecule has 0 aromatic heterocycles. The van der Waals surface area contributed by atoms with Crippen molar-refractivity contribution in [2.24, 2.45) is 0 Å². The Bertz CT molecular complexity index is 671. The minimum Gasteiger partial charge on any atom is -0.497 e. The third kappa shape index (κ3) is 3.51. The topological polar surface area (TPSA) is 61.5 Å². The van der Waals surface area contributed by atoms with Crippen molar-refractivity contribution in [1.82, 2.24) is 0 Å². The Balaban J connectivity index is 2.11. The number of carbonyl (C=O) groups excluding carboxylic acids is 1. The number of nitrogen functional groups attached to an aromatic ring is 1. The molecular formula is C16H16FNO3. The van der Waals surface area contributed by atoms with Crippen LogP contribution in [0.5, 0.6) is 5.75 Å². The van der Waals surface area contributed by atoms with Crippen molar-refractivity contribution >= 4 is 11.7 Å². The molecule has 110 valence electrons. The minimum absolute atomic E-state index is 0.0571. The van der Waals surface area contributed by atoms with Crippen molar-refractivity contribution in [3.63, 3.8) is 0 Å². The van der Waals surface area contributed by atoms with Gasteiger partial charge in [-0.05, 0) is 48.4 Å². The largest absolute Gasteiger partial charge is 0.497 e. The van der Waals surface area contributed by atoms with Crippen LogP contribution in [0, 0.1) is 12.7 Å². The number of esters is 1. The Hall–Kier alpha value is -2.56. The van der Waals surface area contributed by atoms with E-state index in [1.165, 1.54) is 25.3 Å². The second-order valence-corrected chi connectivity index (χ2v) is 4.60. The standard InChI is InChI=1S/C16H16FNO3/c1-10-7-12(17)4-3-11(10)9-21-16(19)14-8-13(20-2)5-6-15(14)18/h3-8H,9,18H2,1-2H3. The van der Waals surface area contributed by atoms with Crippen LogP contribution < -0.4 is 10.5 Å². The molecule has 4 nitrogen and oxygen atoms in total. The van der Waals surface area contributed by atoms with E-state index in [1.807, 2.05) is 0 Å². The van der Waals surface area contributed by atoms with Crippen molar-refractivity contribution in [1.29, 1.82) is 0 Å². The summed E-state index contributed by atoms with van der Waals surface area (Å²) in [5.41, 5.74) is 7.78. The van der Waals surface area contributed by atoms with Gasteiger partial charge in [0.2, 0.25) is 0 Å². The molecule has 0 unspecified atom stereocenters. The molecule has 5 heteroatoms. The normalized spacial score (nSPS) is 10.2. The average molecular weight is 289 g/mol. The van der Waals surface area contributed by atoms with E-state index in [0.717, 1.165) is 11.1 Å². The zero-order chi connectivity index (χ0) is 15.4. The van der Waals surface area contributed by atoms with Crippen molar-refractivity contribution in [3.8, 4) is 5.75 Å². The van der Waals surface area contributed by atoms with Crippen LogP contribution in [0.25, 0.3) is 0 Å². The predicted molar refractivity (Wildman–Crippen MR) is 77.7 cm³/mol. The molecule has 0 bridgehead atoms. The summed E-state index contributed by atoms with van der Waals surface area (Å²) in [6.45, 7) is 1.81. The Kier molecular flexibility index (Phi) is 4.42.